The summed E-state index contributed by atoms with van der Waals surface area (Å²) in [7, 11) is 0. The molecule has 35 heavy (non-hydrogen) atoms. The van der Waals surface area contributed by atoms with E-state index in [1.807, 2.05) is 31.2 Å². The molecular formula is C26H26N6O3. The summed E-state index contributed by atoms with van der Waals surface area (Å²) in [5.41, 5.74) is 3.71. The maximum atomic E-state index is 12.8. The van der Waals surface area contributed by atoms with Crippen molar-refractivity contribution in [1.29, 1.82) is 0 Å². The number of aromatic hydroxyl groups is 1. The average Bonchev–Trinajstić information content (AvgIpc) is 3.26. The molecular weight excluding hydrogens is 444 g/mol. The van der Waals surface area contributed by atoms with Gasteiger partial charge in [0.05, 0.1) is 28.6 Å². The normalized spacial score (nSPS) is 13.4. The van der Waals surface area contributed by atoms with Crippen LogP contribution in [0.2, 0.25) is 0 Å². The van der Waals surface area contributed by atoms with E-state index in [1.165, 1.54) is 16.9 Å². The second-order valence-electron chi connectivity index (χ2n) is 8.66. The van der Waals surface area contributed by atoms with Crippen LogP contribution in [0.1, 0.15) is 54.7 Å². The first kappa shape index (κ1) is 22.5. The zero-order valence-electron chi connectivity index (χ0n) is 19.4. The molecule has 1 aliphatic carbocycles. The molecule has 0 saturated heterocycles. The third-order valence-corrected chi connectivity index (χ3v) is 6.19. The standard InChI is InChI=1S/C26H26N6O3/c1-2-12-27-26(35)32-23(16-6-5-7-16)14-21(31-32)18-13-17(10-11-24(18)33)29-25(34)22-15-28-19-8-3-4-9-20(19)30-22/h3-4,8-11,13-16,33H,2,5-7,12H2,1H3,(H,27,35)(H,29,34). The first-order valence-corrected chi connectivity index (χ1v) is 11.8. The SMILES string of the molecule is CCCNC(=O)n1nc(-c2cc(NC(=O)c3cnc4ccccc4n3)ccc2O)cc1C1CCC1. The van der Waals surface area contributed by atoms with Crippen LogP contribution in [0.15, 0.2) is 54.7 Å². The number of fused-ring (bicyclic) bond motifs is 1. The second kappa shape index (κ2) is 9.54. The van der Waals surface area contributed by atoms with Crippen LogP contribution < -0.4 is 10.6 Å². The number of benzene rings is 2. The number of hydrogen-bond acceptors (Lipinski definition) is 6. The first-order chi connectivity index (χ1) is 17.0. The highest BCUT2D eigenvalue weighted by Crippen LogP contribution is 2.39. The zero-order valence-corrected chi connectivity index (χ0v) is 19.4. The van der Waals surface area contributed by atoms with Gasteiger partial charge in [0.15, 0.2) is 0 Å². The summed E-state index contributed by atoms with van der Waals surface area (Å²) in [5.74, 6) is -0.146. The number of anilines is 1. The number of rotatable bonds is 6. The lowest BCUT2D eigenvalue weighted by molar-refractivity contribution is 0.102. The van der Waals surface area contributed by atoms with E-state index in [0.717, 1.165) is 31.4 Å². The monoisotopic (exact) mass is 470 g/mol. The Labute approximate surface area is 202 Å². The molecule has 0 atom stereocenters. The predicted octanol–water partition coefficient (Wildman–Crippen LogP) is 4.69. The molecule has 0 spiro atoms. The van der Waals surface area contributed by atoms with Crippen LogP contribution in [0.3, 0.4) is 0 Å². The topological polar surface area (TPSA) is 122 Å². The highest BCUT2D eigenvalue weighted by molar-refractivity contribution is 6.04. The molecule has 9 heteroatoms. The first-order valence-electron chi connectivity index (χ1n) is 11.8. The van der Waals surface area contributed by atoms with Gasteiger partial charge in [-0.25, -0.2) is 9.78 Å². The van der Waals surface area contributed by atoms with Crippen molar-refractivity contribution in [3.05, 3.63) is 66.1 Å². The summed E-state index contributed by atoms with van der Waals surface area (Å²) in [6.45, 7) is 2.55. The Morgan fingerprint density at radius 2 is 1.91 bits per heavy atom. The molecule has 1 saturated carbocycles. The Morgan fingerprint density at radius 1 is 1.11 bits per heavy atom. The number of nitrogens with one attached hydrogen (secondary N) is 2. The van der Waals surface area contributed by atoms with Gasteiger partial charge in [-0.15, -0.1) is 0 Å². The van der Waals surface area contributed by atoms with E-state index >= 15 is 0 Å². The maximum Gasteiger partial charge on any atom is 0.342 e. The van der Waals surface area contributed by atoms with Crippen LogP contribution in [-0.4, -0.2) is 43.3 Å². The number of para-hydroxylation sites is 2. The van der Waals surface area contributed by atoms with E-state index in [1.54, 1.807) is 18.2 Å². The second-order valence-corrected chi connectivity index (χ2v) is 8.66. The van der Waals surface area contributed by atoms with Crippen molar-refractivity contribution < 1.29 is 14.7 Å². The minimum atomic E-state index is -0.417. The summed E-state index contributed by atoms with van der Waals surface area (Å²) in [6, 6.07) is 13.6. The minimum Gasteiger partial charge on any atom is -0.507 e. The van der Waals surface area contributed by atoms with Crippen molar-refractivity contribution in [3.8, 4) is 17.0 Å². The third kappa shape index (κ3) is 4.57. The molecule has 0 unspecified atom stereocenters. The fourth-order valence-electron chi connectivity index (χ4n) is 4.07. The zero-order chi connectivity index (χ0) is 24.4. The lowest BCUT2D eigenvalue weighted by atomic mass is 9.82. The third-order valence-electron chi connectivity index (χ3n) is 6.19. The fraction of sp³-hybridized carbons (Fsp3) is 0.269. The van der Waals surface area contributed by atoms with Crippen LogP contribution in [0.5, 0.6) is 5.75 Å². The highest BCUT2D eigenvalue weighted by atomic mass is 16.3. The van der Waals surface area contributed by atoms with Crippen LogP contribution in [0.25, 0.3) is 22.3 Å². The molecule has 0 bridgehead atoms. The highest BCUT2D eigenvalue weighted by Gasteiger charge is 2.27. The van der Waals surface area contributed by atoms with Crippen LogP contribution in [0, 0.1) is 0 Å². The lowest BCUT2D eigenvalue weighted by Crippen LogP contribution is -2.32. The Balaban J connectivity index is 1.43. The van der Waals surface area contributed by atoms with Crippen molar-refractivity contribution in [2.24, 2.45) is 0 Å². The van der Waals surface area contributed by atoms with Crippen molar-refractivity contribution in [1.82, 2.24) is 25.1 Å². The molecule has 1 aliphatic rings. The lowest BCUT2D eigenvalue weighted by Gasteiger charge is -2.25. The van der Waals surface area contributed by atoms with Gasteiger partial charge in [-0.3, -0.25) is 9.78 Å². The van der Waals surface area contributed by atoms with Gasteiger partial charge in [-0.1, -0.05) is 25.5 Å². The number of carbonyl (C=O) groups is 2. The van der Waals surface area contributed by atoms with Gasteiger partial charge >= 0.3 is 6.03 Å². The van der Waals surface area contributed by atoms with Crippen molar-refractivity contribution in [3.63, 3.8) is 0 Å². The van der Waals surface area contributed by atoms with Crippen LogP contribution in [-0.2, 0) is 0 Å². The molecule has 2 aromatic heterocycles. The molecule has 4 aromatic rings. The van der Waals surface area contributed by atoms with Gasteiger partial charge in [0, 0.05) is 23.7 Å². The number of phenols is 1. The van der Waals surface area contributed by atoms with Gasteiger partial charge in [-0.2, -0.15) is 9.78 Å². The maximum absolute atomic E-state index is 12.8. The Morgan fingerprint density at radius 3 is 2.66 bits per heavy atom. The fourth-order valence-corrected chi connectivity index (χ4v) is 4.07. The summed E-state index contributed by atoms with van der Waals surface area (Å²) in [6.07, 6.45) is 5.37. The van der Waals surface area contributed by atoms with Crippen molar-refractivity contribution >= 4 is 28.7 Å². The minimum absolute atomic E-state index is 0.00673. The van der Waals surface area contributed by atoms with E-state index < -0.39 is 5.91 Å². The summed E-state index contributed by atoms with van der Waals surface area (Å²) >= 11 is 0. The molecule has 0 aliphatic heterocycles. The quantitative estimate of drug-likeness (QED) is 0.352. The molecule has 178 valence electrons. The van der Waals surface area contributed by atoms with Gasteiger partial charge < -0.3 is 15.7 Å². The number of aromatic nitrogens is 4. The molecule has 5 rings (SSSR count). The average molecular weight is 471 g/mol. The molecule has 9 nitrogen and oxygen atoms in total. The van der Waals surface area contributed by atoms with Crippen molar-refractivity contribution in [2.75, 3.05) is 11.9 Å². The summed E-state index contributed by atoms with van der Waals surface area (Å²) in [4.78, 5) is 34.2. The van der Waals surface area contributed by atoms with E-state index in [2.05, 4.69) is 25.7 Å². The molecule has 2 heterocycles. The number of hydrogen-bond donors (Lipinski definition) is 3. The van der Waals surface area contributed by atoms with E-state index in [9.17, 15) is 14.7 Å². The Hall–Kier alpha value is -4.27. The molecule has 3 N–H and O–H groups in total. The Kier molecular flexibility index (Phi) is 6.13. The molecule has 0 radical (unpaired) electrons. The summed E-state index contributed by atoms with van der Waals surface area (Å²) in [5, 5.41) is 20.8. The van der Waals surface area contributed by atoms with Gasteiger partial charge in [0.2, 0.25) is 0 Å². The van der Waals surface area contributed by atoms with E-state index in [-0.39, 0.29) is 23.4 Å². The van der Waals surface area contributed by atoms with Crippen LogP contribution >= 0.6 is 0 Å². The molecule has 2 amide bonds. The molecule has 1 fully saturated rings. The van der Waals surface area contributed by atoms with Gasteiger partial charge in [0.25, 0.3) is 5.91 Å². The summed E-state index contributed by atoms with van der Waals surface area (Å²) < 4.78 is 1.41. The number of amides is 2. The van der Waals surface area contributed by atoms with Crippen molar-refractivity contribution in [2.45, 2.75) is 38.5 Å². The van der Waals surface area contributed by atoms with Gasteiger partial charge in [0.1, 0.15) is 11.4 Å². The van der Waals surface area contributed by atoms with E-state index in [0.29, 0.717) is 34.5 Å². The number of carbonyl (C=O) groups excluding carboxylic acids is 2. The smallest absolute Gasteiger partial charge is 0.342 e. The Bertz CT molecular complexity index is 1410. The van der Waals surface area contributed by atoms with Gasteiger partial charge in [-0.05, 0) is 55.7 Å². The largest absolute Gasteiger partial charge is 0.507 e. The predicted molar refractivity (Wildman–Crippen MR) is 132 cm³/mol. The number of phenolic OH excluding ortho intramolecular Hbond substituents is 1. The number of nitrogens with zero attached hydrogens (tertiary/aromatic N) is 4. The van der Waals surface area contributed by atoms with E-state index in [4.69, 9.17) is 0 Å². The van der Waals surface area contributed by atoms with Crippen LogP contribution in [0.4, 0.5) is 10.5 Å². The molecule has 2 aromatic carbocycles.